The van der Waals surface area contributed by atoms with Gasteiger partial charge in [-0.2, -0.15) is 5.10 Å². The van der Waals surface area contributed by atoms with Crippen LogP contribution in [-0.2, 0) is 16.1 Å². The molecule has 120 valence electrons. The Morgan fingerprint density at radius 2 is 2.18 bits per heavy atom. The minimum atomic E-state index is -0.0202. The molecule has 0 saturated carbocycles. The lowest BCUT2D eigenvalue weighted by Gasteiger charge is -2.16. The van der Waals surface area contributed by atoms with Crippen LogP contribution in [0.25, 0.3) is 0 Å². The molecule has 0 aromatic carbocycles. The average molecular weight is 305 g/mol. The first-order valence-electron chi connectivity index (χ1n) is 7.83. The van der Waals surface area contributed by atoms with E-state index in [2.05, 4.69) is 20.6 Å². The highest BCUT2D eigenvalue weighted by molar-refractivity contribution is 5.93. The zero-order chi connectivity index (χ0) is 15.9. The molecule has 0 bridgehead atoms. The van der Waals surface area contributed by atoms with E-state index in [-0.39, 0.29) is 17.9 Å². The second kappa shape index (κ2) is 5.72. The van der Waals surface area contributed by atoms with E-state index in [1.54, 1.807) is 0 Å². The number of likely N-dealkylation sites (tertiary alicyclic amines) is 1. The van der Waals surface area contributed by atoms with Gasteiger partial charge in [0.25, 0.3) is 0 Å². The zero-order valence-corrected chi connectivity index (χ0v) is 13.3. The van der Waals surface area contributed by atoms with Crippen LogP contribution in [0.1, 0.15) is 24.7 Å². The molecule has 22 heavy (non-hydrogen) atoms. The molecule has 1 aromatic heterocycles. The predicted octanol–water partition coefficient (Wildman–Crippen LogP) is 0.279. The molecule has 7 nitrogen and oxygen atoms in total. The number of nitrogens with zero attached hydrogens (tertiary/aromatic N) is 3. The molecule has 2 amide bonds. The van der Waals surface area contributed by atoms with E-state index in [9.17, 15) is 9.59 Å². The molecule has 0 unspecified atom stereocenters. The highest BCUT2D eigenvalue weighted by atomic mass is 16.2. The molecule has 7 heteroatoms. The summed E-state index contributed by atoms with van der Waals surface area (Å²) >= 11 is 0. The molecule has 2 aliphatic rings. The molecule has 1 aromatic rings. The first kappa shape index (κ1) is 15.0. The van der Waals surface area contributed by atoms with Gasteiger partial charge in [0.2, 0.25) is 11.8 Å². The second-order valence-corrected chi connectivity index (χ2v) is 6.24. The van der Waals surface area contributed by atoms with E-state index in [4.69, 9.17) is 0 Å². The van der Waals surface area contributed by atoms with Gasteiger partial charge < -0.3 is 10.6 Å². The van der Waals surface area contributed by atoms with Crippen molar-refractivity contribution < 1.29 is 9.59 Å². The summed E-state index contributed by atoms with van der Waals surface area (Å²) in [6, 6.07) is 0.214. The zero-order valence-electron chi connectivity index (χ0n) is 13.3. The van der Waals surface area contributed by atoms with Gasteiger partial charge in [-0.25, -0.2) is 0 Å². The summed E-state index contributed by atoms with van der Waals surface area (Å²) in [4.78, 5) is 25.7. The number of aryl methyl sites for hydroxylation is 2. The highest BCUT2D eigenvalue weighted by Gasteiger charge is 2.40. The Labute approximate surface area is 130 Å². The van der Waals surface area contributed by atoms with Gasteiger partial charge in [-0.05, 0) is 20.8 Å². The lowest BCUT2D eigenvalue weighted by molar-refractivity contribution is -0.119. The number of hydrogen-bond acceptors (Lipinski definition) is 4. The quantitative estimate of drug-likeness (QED) is 0.837. The molecular weight excluding hydrogens is 282 g/mol. The minimum absolute atomic E-state index is 0.0202. The van der Waals surface area contributed by atoms with Gasteiger partial charge in [0, 0.05) is 38.0 Å². The molecular formula is C15H23N5O2. The number of aromatic nitrogens is 2. The Kier molecular flexibility index (Phi) is 3.90. The van der Waals surface area contributed by atoms with E-state index in [1.807, 2.05) is 25.5 Å². The molecule has 2 saturated heterocycles. The molecule has 3 rings (SSSR count). The van der Waals surface area contributed by atoms with Crippen molar-refractivity contribution in [2.75, 3.05) is 25.0 Å². The molecule has 2 fully saturated rings. The number of nitrogens with one attached hydrogen (secondary N) is 2. The third kappa shape index (κ3) is 2.72. The topological polar surface area (TPSA) is 79.3 Å². The summed E-state index contributed by atoms with van der Waals surface area (Å²) < 4.78 is 1.89. The fourth-order valence-electron chi connectivity index (χ4n) is 3.53. The fraction of sp³-hybridized carbons (Fsp3) is 0.667. The van der Waals surface area contributed by atoms with E-state index in [1.165, 1.54) is 0 Å². The van der Waals surface area contributed by atoms with Crippen LogP contribution in [0.4, 0.5) is 5.69 Å². The Morgan fingerprint density at radius 3 is 2.82 bits per heavy atom. The SMILES string of the molecule is CCn1nc(C)c(NC(=O)CN2C[C@@H]3CC(=O)N[C@@H]3C2)c1C. The number of hydrogen-bond donors (Lipinski definition) is 2. The summed E-state index contributed by atoms with van der Waals surface area (Å²) in [5.41, 5.74) is 2.65. The van der Waals surface area contributed by atoms with Crippen LogP contribution in [-0.4, -0.2) is 52.2 Å². The largest absolute Gasteiger partial charge is 0.352 e. The van der Waals surface area contributed by atoms with Crippen LogP contribution in [0, 0.1) is 19.8 Å². The summed E-state index contributed by atoms with van der Waals surface area (Å²) in [6.45, 7) is 8.62. The number of amides is 2. The first-order valence-corrected chi connectivity index (χ1v) is 7.83. The van der Waals surface area contributed by atoms with Crippen molar-refractivity contribution in [3.8, 4) is 0 Å². The maximum absolute atomic E-state index is 12.3. The summed E-state index contributed by atoms with van der Waals surface area (Å²) in [5, 5.41) is 10.4. The molecule has 0 radical (unpaired) electrons. The Bertz CT molecular complexity index is 593. The summed E-state index contributed by atoms with van der Waals surface area (Å²) in [5.74, 6) is 0.470. The van der Waals surface area contributed by atoms with Crippen molar-refractivity contribution in [1.82, 2.24) is 20.0 Å². The molecule has 2 aliphatic heterocycles. The van der Waals surface area contributed by atoms with Crippen molar-refractivity contribution in [3.05, 3.63) is 11.4 Å². The average Bonchev–Trinajstić information content (AvgIpc) is 3.04. The van der Waals surface area contributed by atoms with Gasteiger partial charge in [0.1, 0.15) is 0 Å². The van der Waals surface area contributed by atoms with Crippen molar-refractivity contribution in [3.63, 3.8) is 0 Å². The maximum Gasteiger partial charge on any atom is 0.238 e. The Balaban J connectivity index is 1.58. The van der Waals surface area contributed by atoms with Crippen LogP contribution in [0.2, 0.25) is 0 Å². The Morgan fingerprint density at radius 1 is 1.41 bits per heavy atom. The highest BCUT2D eigenvalue weighted by Crippen LogP contribution is 2.25. The second-order valence-electron chi connectivity index (χ2n) is 6.24. The van der Waals surface area contributed by atoms with Gasteiger partial charge in [-0.1, -0.05) is 0 Å². The van der Waals surface area contributed by atoms with Crippen LogP contribution < -0.4 is 10.6 Å². The normalized spacial score (nSPS) is 24.4. The number of carbonyl (C=O) groups is 2. The van der Waals surface area contributed by atoms with E-state index < -0.39 is 0 Å². The number of rotatable bonds is 4. The van der Waals surface area contributed by atoms with Gasteiger partial charge in [0.15, 0.2) is 0 Å². The maximum atomic E-state index is 12.3. The lowest BCUT2D eigenvalue weighted by Crippen LogP contribution is -2.36. The molecule has 0 aliphatic carbocycles. The minimum Gasteiger partial charge on any atom is -0.352 e. The monoisotopic (exact) mass is 305 g/mol. The van der Waals surface area contributed by atoms with Crippen LogP contribution in [0.3, 0.4) is 0 Å². The first-order chi connectivity index (χ1) is 10.5. The van der Waals surface area contributed by atoms with Crippen molar-refractivity contribution in [2.45, 2.75) is 39.8 Å². The van der Waals surface area contributed by atoms with E-state index in [0.29, 0.717) is 18.9 Å². The summed E-state index contributed by atoms with van der Waals surface area (Å²) in [6.07, 6.45) is 0.588. The number of carbonyl (C=O) groups excluding carboxylic acids is 2. The van der Waals surface area contributed by atoms with Gasteiger partial charge in [0.05, 0.1) is 23.6 Å². The van der Waals surface area contributed by atoms with E-state index in [0.717, 1.165) is 36.7 Å². The van der Waals surface area contributed by atoms with Crippen molar-refractivity contribution >= 4 is 17.5 Å². The molecule has 2 N–H and O–H groups in total. The molecule has 3 heterocycles. The van der Waals surface area contributed by atoms with Gasteiger partial charge in [-0.15, -0.1) is 0 Å². The predicted molar refractivity (Wildman–Crippen MR) is 82.5 cm³/mol. The smallest absolute Gasteiger partial charge is 0.238 e. The fourth-order valence-corrected chi connectivity index (χ4v) is 3.53. The third-order valence-corrected chi connectivity index (χ3v) is 4.62. The van der Waals surface area contributed by atoms with Crippen LogP contribution >= 0.6 is 0 Å². The number of fused-ring (bicyclic) bond motifs is 1. The van der Waals surface area contributed by atoms with E-state index >= 15 is 0 Å². The van der Waals surface area contributed by atoms with Crippen molar-refractivity contribution in [2.24, 2.45) is 5.92 Å². The van der Waals surface area contributed by atoms with Crippen LogP contribution in [0.5, 0.6) is 0 Å². The third-order valence-electron chi connectivity index (χ3n) is 4.62. The Hall–Kier alpha value is -1.89. The van der Waals surface area contributed by atoms with Gasteiger partial charge >= 0.3 is 0 Å². The lowest BCUT2D eigenvalue weighted by atomic mass is 10.1. The molecule has 2 atom stereocenters. The standard InChI is InChI=1S/C15H23N5O2/c1-4-20-10(3)15(9(2)18-20)17-14(22)8-19-6-11-5-13(21)16-12(11)7-19/h11-12H,4-8H2,1-3H3,(H,16,21)(H,17,22)/t11-,12+/m0/s1. The molecule has 0 spiro atoms. The summed E-state index contributed by atoms with van der Waals surface area (Å²) in [7, 11) is 0. The number of anilines is 1. The van der Waals surface area contributed by atoms with Crippen LogP contribution in [0.15, 0.2) is 0 Å². The van der Waals surface area contributed by atoms with Gasteiger partial charge in [-0.3, -0.25) is 19.2 Å². The van der Waals surface area contributed by atoms with Crippen molar-refractivity contribution in [1.29, 1.82) is 0 Å².